The van der Waals surface area contributed by atoms with Crippen LogP contribution in [-0.2, 0) is 13.0 Å². The lowest BCUT2D eigenvalue weighted by atomic mass is 9.74. The van der Waals surface area contributed by atoms with Gasteiger partial charge in [0.05, 0.1) is 12.2 Å². The standard InChI is InChI=1S/C33H45N7O/c1-5-7-15-29-22-40(31-24(6-2)12-9-8-10-16-30(31)23(3)4)33(41)39(29)21-28-20-26(17-18-34-28)25-13-11-14-27(19-25)32-35-37-38-36-32/h11,13-14,17-20,22-24,30-31H,5-10,12,15-16,21H2,1-4H3,(H,35,36,37,38). The van der Waals surface area contributed by atoms with Crippen LogP contribution >= 0.6 is 0 Å². The summed E-state index contributed by atoms with van der Waals surface area (Å²) in [4.78, 5) is 19.0. The van der Waals surface area contributed by atoms with E-state index in [2.05, 4.69) is 77.3 Å². The molecular weight excluding hydrogens is 510 g/mol. The molecule has 8 nitrogen and oxygen atoms in total. The van der Waals surface area contributed by atoms with Crippen LogP contribution in [0.4, 0.5) is 0 Å². The molecule has 218 valence electrons. The zero-order valence-corrected chi connectivity index (χ0v) is 25.1. The van der Waals surface area contributed by atoms with Crippen molar-refractivity contribution in [3.63, 3.8) is 0 Å². The molecular formula is C33H45N7O. The van der Waals surface area contributed by atoms with Gasteiger partial charge in [0.1, 0.15) is 0 Å². The average Bonchev–Trinajstić information content (AvgIpc) is 3.61. The van der Waals surface area contributed by atoms with Gasteiger partial charge in [-0.3, -0.25) is 14.1 Å². The van der Waals surface area contributed by atoms with E-state index in [4.69, 9.17) is 4.98 Å². The number of nitrogens with one attached hydrogen (secondary N) is 1. The van der Waals surface area contributed by atoms with Crippen LogP contribution in [0.2, 0.25) is 0 Å². The summed E-state index contributed by atoms with van der Waals surface area (Å²) in [5, 5.41) is 14.3. The van der Waals surface area contributed by atoms with Gasteiger partial charge in [0, 0.05) is 29.7 Å². The fourth-order valence-corrected chi connectivity index (χ4v) is 6.78. The predicted molar refractivity (Wildman–Crippen MR) is 163 cm³/mol. The van der Waals surface area contributed by atoms with Crippen LogP contribution in [0, 0.1) is 17.8 Å². The zero-order valence-electron chi connectivity index (χ0n) is 25.1. The summed E-state index contributed by atoms with van der Waals surface area (Å²) in [6, 6.07) is 12.5. The number of hydrogen-bond donors (Lipinski definition) is 1. The molecule has 0 amide bonds. The fourth-order valence-electron chi connectivity index (χ4n) is 6.78. The number of pyridine rings is 1. The number of aryl methyl sites for hydroxylation is 1. The first-order valence-electron chi connectivity index (χ1n) is 15.6. The summed E-state index contributed by atoms with van der Waals surface area (Å²) in [6.45, 7) is 9.68. The number of imidazole rings is 1. The molecule has 4 aromatic rings. The molecule has 1 fully saturated rings. The van der Waals surface area contributed by atoms with E-state index < -0.39 is 0 Å². The number of nitrogens with zero attached hydrogens (tertiary/aromatic N) is 6. The maximum atomic E-state index is 14.3. The second-order valence-electron chi connectivity index (χ2n) is 12.1. The lowest BCUT2D eigenvalue weighted by Gasteiger charge is -2.38. The average molecular weight is 556 g/mol. The van der Waals surface area contributed by atoms with Crippen molar-refractivity contribution in [3.05, 3.63) is 70.7 Å². The highest BCUT2D eigenvalue weighted by molar-refractivity contribution is 5.70. The molecule has 1 saturated carbocycles. The first-order chi connectivity index (χ1) is 20.0. The van der Waals surface area contributed by atoms with Crippen LogP contribution in [0.5, 0.6) is 0 Å². The van der Waals surface area contributed by atoms with Gasteiger partial charge in [0.15, 0.2) is 5.82 Å². The Balaban J connectivity index is 1.51. The summed E-state index contributed by atoms with van der Waals surface area (Å²) >= 11 is 0. The highest BCUT2D eigenvalue weighted by Gasteiger charge is 2.34. The van der Waals surface area contributed by atoms with Gasteiger partial charge >= 0.3 is 5.69 Å². The number of aromatic amines is 1. The molecule has 0 aliphatic heterocycles. The molecule has 0 bridgehead atoms. The Kier molecular flexibility index (Phi) is 9.47. The Labute approximate surface area is 243 Å². The number of benzene rings is 1. The first kappa shape index (κ1) is 29.0. The number of rotatable bonds is 10. The van der Waals surface area contributed by atoms with E-state index in [1.54, 1.807) is 0 Å². The van der Waals surface area contributed by atoms with E-state index in [0.29, 0.717) is 30.1 Å². The SMILES string of the molecule is CCCCc1cn(C2C(CC)CCCCCC2C(C)C)c(=O)n1Cc1cc(-c2cccc(-c3nnn[nH]3)c2)ccn1. The summed E-state index contributed by atoms with van der Waals surface area (Å²) < 4.78 is 4.15. The Hall–Kier alpha value is -3.55. The lowest BCUT2D eigenvalue weighted by Crippen LogP contribution is -2.37. The molecule has 3 atom stereocenters. The van der Waals surface area contributed by atoms with Gasteiger partial charge in [-0.25, -0.2) is 9.89 Å². The van der Waals surface area contributed by atoms with Gasteiger partial charge in [0.25, 0.3) is 0 Å². The van der Waals surface area contributed by atoms with Gasteiger partial charge in [-0.2, -0.15) is 0 Å². The van der Waals surface area contributed by atoms with E-state index >= 15 is 0 Å². The number of unbranched alkanes of at least 4 members (excludes halogenated alkanes) is 1. The van der Waals surface area contributed by atoms with Crippen molar-refractivity contribution in [1.82, 2.24) is 34.7 Å². The minimum Gasteiger partial charge on any atom is -0.295 e. The van der Waals surface area contributed by atoms with Gasteiger partial charge < -0.3 is 0 Å². The largest absolute Gasteiger partial charge is 0.328 e. The van der Waals surface area contributed by atoms with Crippen LogP contribution < -0.4 is 5.69 Å². The normalized spacial score (nSPS) is 19.8. The molecule has 5 rings (SSSR count). The van der Waals surface area contributed by atoms with E-state index in [0.717, 1.165) is 53.8 Å². The van der Waals surface area contributed by atoms with Crippen molar-refractivity contribution in [3.8, 4) is 22.5 Å². The quantitative estimate of drug-likeness (QED) is 0.225. The second-order valence-corrected chi connectivity index (χ2v) is 12.1. The third-order valence-electron chi connectivity index (χ3n) is 9.06. The van der Waals surface area contributed by atoms with Crippen LogP contribution in [0.1, 0.15) is 96.5 Å². The van der Waals surface area contributed by atoms with E-state index in [1.807, 2.05) is 29.0 Å². The lowest BCUT2D eigenvalue weighted by molar-refractivity contribution is 0.138. The Bertz CT molecular complexity index is 1450. The third kappa shape index (κ3) is 6.52. The fraction of sp³-hybridized carbons (Fsp3) is 0.545. The maximum absolute atomic E-state index is 14.3. The van der Waals surface area contributed by atoms with E-state index in [1.165, 1.54) is 32.1 Å². The number of aromatic nitrogens is 7. The van der Waals surface area contributed by atoms with Crippen LogP contribution in [0.15, 0.2) is 53.6 Å². The van der Waals surface area contributed by atoms with Gasteiger partial charge in [0.2, 0.25) is 0 Å². The number of hydrogen-bond acceptors (Lipinski definition) is 5. The summed E-state index contributed by atoms with van der Waals surface area (Å²) in [5.74, 6) is 2.22. The minimum absolute atomic E-state index is 0.123. The first-order valence-corrected chi connectivity index (χ1v) is 15.6. The Morgan fingerprint density at radius 3 is 2.59 bits per heavy atom. The molecule has 8 heteroatoms. The molecule has 0 spiro atoms. The van der Waals surface area contributed by atoms with Gasteiger partial charge in [-0.1, -0.05) is 78.0 Å². The van der Waals surface area contributed by atoms with Crippen LogP contribution in [0.3, 0.4) is 0 Å². The highest BCUT2D eigenvalue weighted by atomic mass is 16.1. The van der Waals surface area contributed by atoms with Crippen molar-refractivity contribution in [2.75, 3.05) is 0 Å². The predicted octanol–water partition coefficient (Wildman–Crippen LogP) is 7.09. The molecule has 0 radical (unpaired) electrons. The van der Waals surface area contributed by atoms with Crippen molar-refractivity contribution in [2.45, 2.75) is 98.1 Å². The molecule has 3 aromatic heterocycles. The molecule has 0 saturated heterocycles. The Morgan fingerprint density at radius 2 is 1.83 bits per heavy atom. The molecule has 3 unspecified atom stereocenters. The third-order valence-corrected chi connectivity index (χ3v) is 9.06. The maximum Gasteiger partial charge on any atom is 0.328 e. The van der Waals surface area contributed by atoms with Crippen molar-refractivity contribution >= 4 is 0 Å². The van der Waals surface area contributed by atoms with Crippen LogP contribution in [0.25, 0.3) is 22.5 Å². The smallest absolute Gasteiger partial charge is 0.295 e. The van der Waals surface area contributed by atoms with Gasteiger partial charge in [-0.05, 0) is 83.2 Å². The minimum atomic E-state index is 0.123. The topological polar surface area (TPSA) is 94.3 Å². The van der Waals surface area contributed by atoms with Crippen LogP contribution in [-0.4, -0.2) is 34.7 Å². The van der Waals surface area contributed by atoms with Crippen molar-refractivity contribution < 1.29 is 0 Å². The molecule has 1 aromatic carbocycles. The summed E-state index contributed by atoms with van der Waals surface area (Å²) in [6.07, 6.45) is 14.5. The molecule has 1 N–H and O–H groups in total. The zero-order chi connectivity index (χ0) is 28.8. The summed E-state index contributed by atoms with van der Waals surface area (Å²) in [5.41, 5.74) is 5.17. The van der Waals surface area contributed by atoms with E-state index in [-0.39, 0.29) is 11.7 Å². The Morgan fingerprint density at radius 1 is 1.02 bits per heavy atom. The molecule has 3 heterocycles. The highest BCUT2D eigenvalue weighted by Crippen LogP contribution is 2.41. The molecule has 1 aliphatic rings. The second kappa shape index (κ2) is 13.4. The summed E-state index contributed by atoms with van der Waals surface area (Å²) in [7, 11) is 0. The van der Waals surface area contributed by atoms with Crippen molar-refractivity contribution in [2.24, 2.45) is 17.8 Å². The van der Waals surface area contributed by atoms with E-state index in [9.17, 15) is 4.79 Å². The van der Waals surface area contributed by atoms with Crippen molar-refractivity contribution in [1.29, 1.82) is 0 Å². The number of H-pyrrole nitrogens is 1. The molecule has 1 aliphatic carbocycles. The molecule has 41 heavy (non-hydrogen) atoms. The monoisotopic (exact) mass is 555 g/mol. The van der Waals surface area contributed by atoms with Gasteiger partial charge in [-0.15, -0.1) is 5.10 Å². The number of tetrazole rings is 1.